The van der Waals surface area contributed by atoms with Gasteiger partial charge in [0, 0.05) is 42.2 Å². The summed E-state index contributed by atoms with van der Waals surface area (Å²) in [7, 11) is 0. The number of hydrogen-bond donors (Lipinski definition) is 2. The third-order valence-electron chi connectivity index (χ3n) is 4.71. The molecule has 1 heterocycles. The molecule has 22 heavy (non-hydrogen) atoms. The Morgan fingerprint density at radius 2 is 1.91 bits per heavy atom. The molecule has 0 spiro atoms. The monoisotopic (exact) mass is 324 g/mol. The van der Waals surface area contributed by atoms with Crippen molar-refractivity contribution in [2.45, 2.75) is 38.1 Å². The van der Waals surface area contributed by atoms with Crippen LogP contribution in [0.4, 0.5) is 0 Å². The Kier molecular flexibility index (Phi) is 5.84. The van der Waals surface area contributed by atoms with Crippen molar-refractivity contribution >= 4 is 17.5 Å². The fraction of sp³-hybridized carbons (Fsp3) is 0.588. The van der Waals surface area contributed by atoms with E-state index in [0.29, 0.717) is 19.8 Å². The summed E-state index contributed by atoms with van der Waals surface area (Å²) in [5.74, 6) is -0.183. The van der Waals surface area contributed by atoms with Gasteiger partial charge in [-0.2, -0.15) is 0 Å². The lowest BCUT2D eigenvalue weighted by molar-refractivity contribution is -0.125. The highest BCUT2D eigenvalue weighted by atomic mass is 35.5. The van der Waals surface area contributed by atoms with E-state index in [-0.39, 0.29) is 23.3 Å². The van der Waals surface area contributed by atoms with Gasteiger partial charge in [0.2, 0.25) is 5.91 Å². The van der Waals surface area contributed by atoms with Gasteiger partial charge in [-0.1, -0.05) is 30.7 Å². The number of carbonyl (C=O) groups excluding carboxylic acids is 1. The lowest BCUT2D eigenvalue weighted by Crippen LogP contribution is -2.47. The van der Waals surface area contributed by atoms with Crippen molar-refractivity contribution in [1.82, 2.24) is 5.32 Å². The van der Waals surface area contributed by atoms with Crippen LogP contribution in [0, 0.1) is 5.92 Å². The van der Waals surface area contributed by atoms with Gasteiger partial charge in [-0.3, -0.25) is 4.79 Å². The first-order valence-electron chi connectivity index (χ1n) is 7.82. The molecule has 0 radical (unpaired) electrons. The second-order valence-corrected chi connectivity index (χ2v) is 6.70. The maximum Gasteiger partial charge on any atom is 0.224 e. The number of carbonyl (C=O) groups is 1. The molecule has 0 bridgehead atoms. The van der Waals surface area contributed by atoms with Crippen LogP contribution in [-0.2, 0) is 14.9 Å². The molecule has 1 fully saturated rings. The van der Waals surface area contributed by atoms with Gasteiger partial charge in [-0.15, -0.1) is 0 Å². The average Bonchev–Trinajstić information content (AvgIpc) is 2.53. The van der Waals surface area contributed by atoms with Gasteiger partial charge in [0.1, 0.15) is 0 Å². The Hall–Kier alpha value is -1.10. The van der Waals surface area contributed by atoms with Gasteiger partial charge in [-0.25, -0.2) is 0 Å². The molecule has 1 aromatic rings. The first-order valence-corrected chi connectivity index (χ1v) is 8.19. The number of rotatable bonds is 5. The molecule has 1 saturated heterocycles. The standard InChI is InChI=1S/C17H25ClN2O2/c1-12(13(2)19)16(21)20-11-17(7-9-22-10-8-17)14-3-5-15(18)6-4-14/h3-6,12-13H,7-11,19H2,1-2H3,(H,20,21). The number of amides is 1. The van der Waals surface area contributed by atoms with E-state index in [9.17, 15) is 4.79 Å². The first kappa shape index (κ1) is 17.3. The number of nitrogens with one attached hydrogen (secondary N) is 1. The smallest absolute Gasteiger partial charge is 0.224 e. The molecule has 2 atom stereocenters. The van der Waals surface area contributed by atoms with Gasteiger partial charge in [0.05, 0.1) is 0 Å². The quantitative estimate of drug-likeness (QED) is 0.874. The van der Waals surface area contributed by atoms with Crippen LogP contribution < -0.4 is 11.1 Å². The number of benzene rings is 1. The SMILES string of the molecule is CC(N)C(C)C(=O)NCC1(c2ccc(Cl)cc2)CCOCC1. The topological polar surface area (TPSA) is 64.4 Å². The van der Waals surface area contributed by atoms with Crippen molar-refractivity contribution in [1.29, 1.82) is 0 Å². The van der Waals surface area contributed by atoms with Crippen molar-refractivity contribution in [3.63, 3.8) is 0 Å². The normalized spacial score (nSPS) is 20.2. The van der Waals surface area contributed by atoms with E-state index >= 15 is 0 Å². The predicted molar refractivity (Wildman–Crippen MR) is 89.0 cm³/mol. The molecule has 2 unspecified atom stereocenters. The fourth-order valence-electron chi connectivity index (χ4n) is 2.79. The summed E-state index contributed by atoms with van der Waals surface area (Å²) in [5.41, 5.74) is 6.93. The molecule has 0 saturated carbocycles. The Bertz CT molecular complexity index is 496. The molecule has 5 heteroatoms. The van der Waals surface area contributed by atoms with Crippen molar-refractivity contribution in [2.24, 2.45) is 11.7 Å². The highest BCUT2D eigenvalue weighted by molar-refractivity contribution is 6.30. The lowest BCUT2D eigenvalue weighted by Gasteiger charge is -2.38. The fourth-order valence-corrected chi connectivity index (χ4v) is 2.92. The van der Waals surface area contributed by atoms with Crippen LogP contribution in [0.25, 0.3) is 0 Å². The highest BCUT2D eigenvalue weighted by Gasteiger charge is 2.35. The minimum absolute atomic E-state index is 0.00910. The van der Waals surface area contributed by atoms with E-state index < -0.39 is 0 Å². The predicted octanol–water partition coefficient (Wildman–Crippen LogP) is 2.49. The van der Waals surface area contributed by atoms with Crippen molar-refractivity contribution in [3.8, 4) is 0 Å². The first-order chi connectivity index (χ1) is 10.4. The summed E-state index contributed by atoms with van der Waals surface area (Å²) in [6.45, 7) is 5.74. The van der Waals surface area contributed by atoms with E-state index in [1.54, 1.807) is 0 Å². The van der Waals surface area contributed by atoms with Gasteiger partial charge in [-0.05, 0) is 37.5 Å². The van der Waals surface area contributed by atoms with Crippen molar-refractivity contribution < 1.29 is 9.53 Å². The second kappa shape index (κ2) is 7.44. The van der Waals surface area contributed by atoms with Gasteiger partial charge in [0.15, 0.2) is 0 Å². The minimum Gasteiger partial charge on any atom is -0.381 e. The Balaban J connectivity index is 2.12. The summed E-state index contributed by atoms with van der Waals surface area (Å²) < 4.78 is 5.50. The van der Waals surface area contributed by atoms with Crippen LogP contribution in [-0.4, -0.2) is 31.7 Å². The van der Waals surface area contributed by atoms with Gasteiger partial charge in [0.25, 0.3) is 0 Å². The van der Waals surface area contributed by atoms with E-state index in [1.807, 2.05) is 26.0 Å². The third kappa shape index (κ3) is 4.00. The van der Waals surface area contributed by atoms with Crippen LogP contribution in [0.1, 0.15) is 32.3 Å². The van der Waals surface area contributed by atoms with Gasteiger partial charge >= 0.3 is 0 Å². The number of nitrogens with two attached hydrogens (primary N) is 1. The van der Waals surface area contributed by atoms with Crippen LogP contribution in [0.15, 0.2) is 24.3 Å². The average molecular weight is 325 g/mol. The van der Waals surface area contributed by atoms with Crippen molar-refractivity contribution in [2.75, 3.05) is 19.8 Å². The second-order valence-electron chi connectivity index (χ2n) is 6.27. The third-order valence-corrected chi connectivity index (χ3v) is 4.96. The minimum atomic E-state index is -0.192. The molecule has 122 valence electrons. The molecular weight excluding hydrogens is 300 g/mol. The van der Waals surface area contributed by atoms with Gasteiger partial charge < -0.3 is 15.8 Å². The summed E-state index contributed by atoms with van der Waals surface area (Å²) in [6, 6.07) is 7.76. The molecule has 1 aliphatic heterocycles. The maximum atomic E-state index is 12.2. The summed E-state index contributed by atoms with van der Waals surface area (Å²) in [5, 5.41) is 3.80. The summed E-state index contributed by atoms with van der Waals surface area (Å²) >= 11 is 5.99. The van der Waals surface area contributed by atoms with Crippen LogP contribution >= 0.6 is 11.6 Å². The summed E-state index contributed by atoms with van der Waals surface area (Å²) in [6.07, 6.45) is 1.78. The van der Waals surface area contributed by atoms with E-state index in [2.05, 4.69) is 17.4 Å². The van der Waals surface area contributed by atoms with Crippen LogP contribution in [0.5, 0.6) is 0 Å². The lowest BCUT2D eigenvalue weighted by atomic mass is 9.74. The van der Waals surface area contributed by atoms with E-state index in [1.165, 1.54) is 5.56 Å². The molecular formula is C17H25ClN2O2. The van der Waals surface area contributed by atoms with E-state index in [4.69, 9.17) is 22.1 Å². The Morgan fingerprint density at radius 1 is 1.32 bits per heavy atom. The molecule has 0 aromatic heterocycles. The maximum absolute atomic E-state index is 12.2. The number of ether oxygens (including phenoxy) is 1. The molecule has 1 aliphatic rings. The zero-order valence-electron chi connectivity index (χ0n) is 13.3. The Morgan fingerprint density at radius 3 is 2.45 bits per heavy atom. The molecule has 0 aliphatic carbocycles. The zero-order valence-corrected chi connectivity index (χ0v) is 14.0. The molecule has 1 aromatic carbocycles. The zero-order chi connectivity index (χ0) is 16.2. The largest absolute Gasteiger partial charge is 0.381 e. The van der Waals surface area contributed by atoms with Crippen molar-refractivity contribution in [3.05, 3.63) is 34.9 Å². The molecule has 4 nitrogen and oxygen atoms in total. The molecule has 1 amide bonds. The molecule has 3 N–H and O–H groups in total. The number of hydrogen-bond acceptors (Lipinski definition) is 3. The molecule has 2 rings (SSSR count). The number of halogens is 1. The Labute approximate surface area is 137 Å². The van der Waals surface area contributed by atoms with Crippen LogP contribution in [0.3, 0.4) is 0 Å². The van der Waals surface area contributed by atoms with E-state index in [0.717, 1.165) is 17.9 Å². The highest BCUT2D eigenvalue weighted by Crippen LogP contribution is 2.35. The van der Waals surface area contributed by atoms with Crippen LogP contribution in [0.2, 0.25) is 5.02 Å². The summed E-state index contributed by atoms with van der Waals surface area (Å²) in [4.78, 5) is 12.2.